The molecule has 0 amide bonds. The van der Waals surface area contributed by atoms with Crippen LogP contribution in [-0.2, 0) is 6.54 Å². The first-order valence-corrected chi connectivity index (χ1v) is 6.36. The van der Waals surface area contributed by atoms with E-state index in [1.165, 1.54) is 31.6 Å². The first kappa shape index (κ1) is 11.1. The Hall–Kier alpha value is -0.410. The van der Waals surface area contributed by atoms with E-state index in [-0.39, 0.29) is 0 Å². The number of piperidine rings is 1. The monoisotopic (exact) mass is 268 g/mol. The molecule has 82 valence electrons. The second kappa shape index (κ2) is 5.08. The van der Waals surface area contributed by atoms with E-state index in [9.17, 15) is 0 Å². The van der Waals surface area contributed by atoms with Gasteiger partial charge in [0.2, 0.25) is 0 Å². The van der Waals surface area contributed by atoms with E-state index in [1.54, 1.807) is 0 Å². The zero-order valence-corrected chi connectivity index (χ0v) is 10.7. The molecule has 1 aromatic heterocycles. The second-order valence-electron chi connectivity index (χ2n) is 4.43. The number of aromatic nitrogens is 1. The summed E-state index contributed by atoms with van der Waals surface area (Å²) >= 11 is 3.40. The van der Waals surface area contributed by atoms with Crippen molar-refractivity contribution in [3.8, 4) is 0 Å². The number of pyridine rings is 1. The summed E-state index contributed by atoms with van der Waals surface area (Å²) in [6.45, 7) is 5.78. The number of likely N-dealkylation sites (tertiary alicyclic amines) is 1. The van der Waals surface area contributed by atoms with E-state index < -0.39 is 0 Å². The van der Waals surface area contributed by atoms with Gasteiger partial charge in [0.25, 0.3) is 0 Å². The van der Waals surface area contributed by atoms with E-state index in [1.807, 2.05) is 6.20 Å². The van der Waals surface area contributed by atoms with Crippen molar-refractivity contribution in [3.63, 3.8) is 0 Å². The first-order valence-electron chi connectivity index (χ1n) is 5.57. The van der Waals surface area contributed by atoms with Gasteiger partial charge in [0.05, 0.1) is 5.69 Å². The highest BCUT2D eigenvalue weighted by Gasteiger charge is 2.15. The predicted octanol–water partition coefficient (Wildman–Crippen LogP) is 3.08. The lowest BCUT2D eigenvalue weighted by Crippen LogP contribution is -2.32. The molecule has 1 fully saturated rings. The summed E-state index contributed by atoms with van der Waals surface area (Å²) in [7, 11) is 0. The van der Waals surface area contributed by atoms with Crippen molar-refractivity contribution < 1.29 is 0 Å². The van der Waals surface area contributed by atoms with Crippen LogP contribution in [-0.4, -0.2) is 23.0 Å². The maximum absolute atomic E-state index is 4.40. The molecular weight excluding hydrogens is 252 g/mol. The molecule has 0 aromatic carbocycles. The minimum Gasteiger partial charge on any atom is -0.297 e. The third-order valence-electron chi connectivity index (χ3n) is 3.05. The fraction of sp³-hybridized carbons (Fsp3) is 0.583. The average Bonchev–Trinajstić information content (AvgIpc) is 2.25. The van der Waals surface area contributed by atoms with Crippen LogP contribution in [0.3, 0.4) is 0 Å². The molecule has 0 aliphatic carbocycles. The molecule has 2 nitrogen and oxygen atoms in total. The van der Waals surface area contributed by atoms with E-state index in [4.69, 9.17) is 0 Å². The highest BCUT2D eigenvalue weighted by Crippen LogP contribution is 2.17. The van der Waals surface area contributed by atoms with Crippen molar-refractivity contribution in [1.29, 1.82) is 0 Å². The molecule has 2 heterocycles. The smallest absolute Gasteiger partial charge is 0.0544 e. The summed E-state index contributed by atoms with van der Waals surface area (Å²) < 4.78 is 1.05. The Balaban J connectivity index is 1.89. The Morgan fingerprint density at radius 2 is 2.13 bits per heavy atom. The molecule has 0 spiro atoms. The van der Waals surface area contributed by atoms with Gasteiger partial charge in [-0.1, -0.05) is 6.92 Å². The highest BCUT2D eigenvalue weighted by atomic mass is 79.9. The van der Waals surface area contributed by atoms with Gasteiger partial charge in [-0.05, 0) is 59.9 Å². The fourth-order valence-electron chi connectivity index (χ4n) is 1.95. The quantitative estimate of drug-likeness (QED) is 0.820. The van der Waals surface area contributed by atoms with Crippen LogP contribution >= 0.6 is 15.9 Å². The average molecular weight is 269 g/mol. The number of halogens is 1. The maximum Gasteiger partial charge on any atom is 0.0544 e. The van der Waals surface area contributed by atoms with Gasteiger partial charge in [0.1, 0.15) is 0 Å². The molecule has 0 atom stereocenters. The molecule has 0 bridgehead atoms. The van der Waals surface area contributed by atoms with Crippen LogP contribution in [0.1, 0.15) is 25.5 Å². The molecule has 1 aromatic rings. The van der Waals surface area contributed by atoms with Gasteiger partial charge < -0.3 is 0 Å². The SMILES string of the molecule is CC1CCN(Cc2ccc(Br)cn2)CC1. The molecular formula is C12H17BrN2. The maximum atomic E-state index is 4.40. The van der Waals surface area contributed by atoms with E-state index in [0.717, 1.165) is 16.9 Å². The van der Waals surface area contributed by atoms with Gasteiger partial charge in [-0.15, -0.1) is 0 Å². The summed E-state index contributed by atoms with van der Waals surface area (Å²) in [6, 6.07) is 4.16. The molecule has 0 saturated carbocycles. The Bertz CT molecular complexity index is 302. The third-order valence-corrected chi connectivity index (χ3v) is 3.52. The van der Waals surface area contributed by atoms with Gasteiger partial charge in [-0.2, -0.15) is 0 Å². The Morgan fingerprint density at radius 3 is 2.73 bits per heavy atom. The molecule has 1 aliphatic rings. The van der Waals surface area contributed by atoms with Crippen LogP contribution in [0, 0.1) is 5.92 Å². The largest absolute Gasteiger partial charge is 0.297 e. The molecule has 2 rings (SSSR count). The minimum atomic E-state index is 0.902. The molecule has 1 saturated heterocycles. The summed E-state index contributed by atoms with van der Waals surface area (Å²) in [5, 5.41) is 0. The first-order chi connectivity index (χ1) is 7.24. The molecule has 3 heteroatoms. The van der Waals surface area contributed by atoms with Crippen LogP contribution in [0.2, 0.25) is 0 Å². The van der Waals surface area contributed by atoms with Gasteiger partial charge >= 0.3 is 0 Å². The lowest BCUT2D eigenvalue weighted by Gasteiger charge is -2.29. The van der Waals surface area contributed by atoms with Gasteiger partial charge in [0, 0.05) is 17.2 Å². The molecule has 0 radical (unpaired) electrons. The highest BCUT2D eigenvalue weighted by molar-refractivity contribution is 9.10. The van der Waals surface area contributed by atoms with Crippen LogP contribution in [0.25, 0.3) is 0 Å². The van der Waals surface area contributed by atoms with E-state index in [0.29, 0.717) is 0 Å². The molecule has 1 aliphatic heterocycles. The van der Waals surface area contributed by atoms with Crippen LogP contribution in [0.5, 0.6) is 0 Å². The van der Waals surface area contributed by atoms with Crippen LogP contribution < -0.4 is 0 Å². The van der Waals surface area contributed by atoms with Crippen molar-refractivity contribution in [2.24, 2.45) is 5.92 Å². The van der Waals surface area contributed by atoms with Crippen molar-refractivity contribution in [3.05, 3.63) is 28.5 Å². The predicted molar refractivity (Wildman–Crippen MR) is 65.6 cm³/mol. The van der Waals surface area contributed by atoms with Gasteiger partial charge in [-0.3, -0.25) is 9.88 Å². The summed E-state index contributed by atoms with van der Waals surface area (Å²) in [6.07, 6.45) is 4.54. The summed E-state index contributed by atoms with van der Waals surface area (Å²) in [4.78, 5) is 6.90. The Morgan fingerprint density at radius 1 is 1.40 bits per heavy atom. The zero-order valence-electron chi connectivity index (χ0n) is 9.12. The standard InChI is InChI=1S/C12H17BrN2/c1-10-4-6-15(7-5-10)9-12-3-2-11(13)8-14-12/h2-3,8,10H,4-7,9H2,1H3. The van der Waals surface area contributed by atoms with Crippen molar-refractivity contribution >= 4 is 15.9 Å². The number of hydrogen-bond acceptors (Lipinski definition) is 2. The van der Waals surface area contributed by atoms with Crippen molar-refractivity contribution in [2.45, 2.75) is 26.3 Å². The van der Waals surface area contributed by atoms with Gasteiger partial charge in [-0.25, -0.2) is 0 Å². The van der Waals surface area contributed by atoms with E-state index in [2.05, 4.69) is 44.9 Å². The lowest BCUT2D eigenvalue weighted by atomic mass is 9.99. The Labute approximate surface area is 99.8 Å². The van der Waals surface area contributed by atoms with Crippen LogP contribution in [0.4, 0.5) is 0 Å². The summed E-state index contributed by atoms with van der Waals surface area (Å²) in [5.41, 5.74) is 1.17. The molecule has 0 N–H and O–H groups in total. The number of rotatable bonds is 2. The lowest BCUT2D eigenvalue weighted by molar-refractivity contribution is 0.183. The van der Waals surface area contributed by atoms with Gasteiger partial charge in [0.15, 0.2) is 0 Å². The normalized spacial score (nSPS) is 19.3. The molecule has 0 unspecified atom stereocenters. The second-order valence-corrected chi connectivity index (χ2v) is 5.34. The van der Waals surface area contributed by atoms with Crippen molar-refractivity contribution in [2.75, 3.05) is 13.1 Å². The number of hydrogen-bond donors (Lipinski definition) is 0. The number of nitrogens with zero attached hydrogens (tertiary/aromatic N) is 2. The van der Waals surface area contributed by atoms with Crippen LogP contribution in [0.15, 0.2) is 22.8 Å². The van der Waals surface area contributed by atoms with E-state index >= 15 is 0 Å². The third kappa shape index (κ3) is 3.28. The topological polar surface area (TPSA) is 16.1 Å². The van der Waals surface area contributed by atoms with Crippen molar-refractivity contribution in [1.82, 2.24) is 9.88 Å². The zero-order chi connectivity index (χ0) is 10.7. The Kier molecular flexibility index (Phi) is 3.76. The summed E-state index contributed by atoms with van der Waals surface area (Å²) in [5.74, 6) is 0.902. The minimum absolute atomic E-state index is 0.902. The fourth-order valence-corrected chi connectivity index (χ4v) is 2.18. The molecule has 15 heavy (non-hydrogen) atoms.